The lowest BCUT2D eigenvalue weighted by Crippen LogP contribution is -2.48. The standard InChI is InChI=1S/C18H26N2O5/c1-18(2,3)25-17(23)19-14(15(21)20(4)5)11-12-7-9-13(10-8-12)16(22)24-6/h7-10,14H,11H2,1-6H3,(H,19,23)/t14-/m1/s1. The summed E-state index contributed by atoms with van der Waals surface area (Å²) in [6.07, 6.45) is -0.378. The third-order valence-electron chi connectivity index (χ3n) is 3.24. The Bertz CT molecular complexity index is 617. The number of ether oxygens (including phenoxy) is 2. The van der Waals surface area contributed by atoms with Crippen LogP contribution in [0.25, 0.3) is 0 Å². The average Bonchev–Trinajstić information content (AvgIpc) is 2.51. The molecule has 7 nitrogen and oxygen atoms in total. The van der Waals surface area contributed by atoms with Gasteiger partial charge in [0.05, 0.1) is 12.7 Å². The normalized spacial score (nSPS) is 12.1. The molecule has 2 amide bonds. The van der Waals surface area contributed by atoms with Crippen molar-refractivity contribution in [2.45, 2.75) is 38.8 Å². The highest BCUT2D eigenvalue weighted by molar-refractivity contribution is 5.89. The summed E-state index contributed by atoms with van der Waals surface area (Å²) >= 11 is 0. The molecule has 0 radical (unpaired) electrons. The zero-order valence-corrected chi connectivity index (χ0v) is 15.6. The van der Waals surface area contributed by atoms with Gasteiger partial charge in [-0.1, -0.05) is 12.1 Å². The Balaban J connectivity index is 2.88. The number of carbonyl (C=O) groups is 3. The molecule has 0 bridgehead atoms. The first-order valence-corrected chi connectivity index (χ1v) is 7.91. The van der Waals surface area contributed by atoms with Crippen LogP contribution in [0.4, 0.5) is 4.79 Å². The molecule has 138 valence electrons. The molecule has 1 N–H and O–H groups in total. The van der Waals surface area contributed by atoms with Crippen LogP contribution in [0, 0.1) is 0 Å². The van der Waals surface area contributed by atoms with Crippen molar-refractivity contribution >= 4 is 18.0 Å². The van der Waals surface area contributed by atoms with Gasteiger partial charge in [0, 0.05) is 20.5 Å². The van der Waals surface area contributed by atoms with Gasteiger partial charge in [0.1, 0.15) is 11.6 Å². The van der Waals surface area contributed by atoms with Crippen LogP contribution in [0.5, 0.6) is 0 Å². The fourth-order valence-electron chi connectivity index (χ4n) is 2.09. The number of nitrogens with zero attached hydrogens (tertiary/aromatic N) is 1. The van der Waals surface area contributed by atoms with E-state index >= 15 is 0 Å². The Morgan fingerprint density at radius 1 is 1.12 bits per heavy atom. The van der Waals surface area contributed by atoms with E-state index in [4.69, 9.17) is 4.74 Å². The van der Waals surface area contributed by atoms with Gasteiger partial charge >= 0.3 is 12.1 Å². The van der Waals surface area contributed by atoms with Gasteiger partial charge in [-0.05, 0) is 38.5 Å². The molecule has 0 heterocycles. The quantitative estimate of drug-likeness (QED) is 0.821. The maximum Gasteiger partial charge on any atom is 0.408 e. The predicted octanol–water partition coefficient (Wildman–Crippen LogP) is 2.00. The zero-order chi connectivity index (χ0) is 19.2. The number of hydrogen-bond donors (Lipinski definition) is 1. The summed E-state index contributed by atoms with van der Waals surface area (Å²) in [5.74, 6) is -0.678. The van der Waals surface area contributed by atoms with E-state index in [0.29, 0.717) is 5.56 Å². The molecule has 0 aliphatic heterocycles. The van der Waals surface area contributed by atoms with E-state index in [1.807, 2.05) is 0 Å². The van der Waals surface area contributed by atoms with E-state index in [1.165, 1.54) is 12.0 Å². The molecule has 0 saturated heterocycles. The van der Waals surface area contributed by atoms with Gasteiger partial charge in [-0.2, -0.15) is 0 Å². The molecule has 1 aromatic rings. The van der Waals surface area contributed by atoms with Crippen LogP contribution in [0.3, 0.4) is 0 Å². The Kier molecular flexibility index (Phi) is 6.97. The van der Waals surface area contributed by atoms with E-state index in [1.54, 1.807) is 59.1 Å². The molecular formula is C18H26N2O5. The monoisotopic (exact) mass is 350 g/mol. The highest BCUT2D eigenvalue weighted by Gasteiger charge is 2.25. The molecule has 1 atom stereocenters. The summed E-state index contributed by atoms with van der Waals surface area (Å²) < 4.78 is 9.87. The molecule has 7 heteroatoms. The van der Waals surface area contributed by atoms with Gasteiger partial charge in [0.2, 0.25) is 5.91 Å². The summed E-state index contributed by atoms with van der Waals surface area (Å²) in [6.45, 7) is 5.25. The second kappa shape index (κ2) is 8.50. The number of amides is 2. The molecule has 0 fully saturated rings. The van der Waals surface area contributed by atoms with Crippen LogP contribution in [0.1, 0.15) is 36.7 Å². The molecule has 0 aromatic heterocycles. The molecular weight excluding hydrogens is 324 g/mol. The molecule has 1 aromatic carbocycles. The third-order valence-corrected chi connectivity index (χ3v) is 3.24. The summed E-state index contributed by atoms with van der Waals surface area (Å²) in [4.78, 5) is 37.2. The Morgan fingerprint density at radius 2 is 1.68 bits per heavy atom. The zero-order valence-electron chi connectivity index (χ0n) is 15.6. The SMILES string of the molecule is COC(=O)c1ccc(C[C@@H](NC(=O)OC(C)(C)C)C(=O)N(C)C)cc1. The predicted molar refractivity (Wildman–Crippen MR) is 93.3 cm³/mol. The molecule has 0 unspecified atom stereocenters. The van der Waals surface area contributed by atoms with Crippen molar-refractivity contribution in [3.05, 3.63) is 35.4 Å². The second-order valence-corrected chi connectivity index (χ2v) is 6.82. The number of hydrogen-bond acceptors (Lipinski definition) is 5. The van der Waals surface area contributed by atoms with E-state index in [0.717, 1.165) is 5.56 Å². The van der Waals surface area contributed by atoms with Gasteiger partial charge in [0.25, 0.3) is 0 Å². The number of benzene rings is 1. The Hall–Kier alpha value is -2.57. The van der Waals surface area contributed by atoms with Crippen molar-refractivity contribution in [3.63, 3.8) is 0 Å². The minimum Gasteiger partial charge on any atom is -0.465 e. The molecule has 0 saturated carbocycles. The van der Waals surface area contributed by atoms with Crippen molar-refractivity contribution < 1.29 is 23.9 Å². The van der Waals surface area contributed by atoms with Crippen molar-refractivity contribution in [1.82, 2.24) is 10.2 Å². The average molecular weight is 350 g/mol. The van der Waals surface area contributed by atoms with Crippen LogP contribution in [-0.4, -0.2) is 55.7 Å². The lowest BCUT2D eigenvalue weighted by molar-refractivity contribution is -0.130. The smallest absolute Gasteiger partial charge is 0.408 e. The lowest BCUT2D eigenvalue weighted by atomic mass is 10.0. The van der Waals surface area contributed by atoms with Crippen LogP contribution < -0.4 is 5.32 Å². The first-order valence-electron chi connectivity index (χ1n) is 7.91. The maximum atomic E-state index is 12.4. The summed E-state index contributed by atoms with van der Waals surface area (Å²) in [5.41, 5.74) is 0.559. The summed E-state index contributed by atoms with van der Waals surface area (Å²) in [5, 5.41) is 2.61. The number of likely N-dealkylation sites (N-methyl/N-ethyl adjacent to an activating group) is 1. The topological polar surface area (TPSA) is 84.9 Å². The number of rotatable bonds is 5. The molecule has 0 aliphatic carbocycles. The molecule has 0 aliphatic rings. The van der Waals surface area contributed by atoms with Crippen LogP contribution in [0.15, 0.2) is 24.3 Å². The number of nitrogens with one attached hydrogen (secondary N) is 1. The second-order valence-electron chi connectivity index (χ2n) is 6.82. The van der Waals surface area contributed by atoms with Gasteiger partial charge < -0.3 is 19.7 Å². The van der Waals surface area contributed by atoms with Crippen LogP contribution in [0.2, 0.25) is 0 Å². The van der Waals surface area contributed by atoms with Crippen LogP contribution in [-0.2, 0) is 20.7 Å². The number of alkyl carbamates (subject to hydrolysis) is 1. The highest BCUT2D eigenvalue weighted by atomic mass is 16.6. The lowest BCUT2D eigenvalue weighted by Gasteiger charge is -2.25. The minimum atomic E-state index is -0.770. The van der Waals surface area contributed by atoms with E-state index in [2.05, 4.69) is 10.1 Å². The van der Waals surface area contributed by atoms with Crippen molar-refractivity contribution in [2.24, 2.45) is 0 Å². The van der Waals surface area contributed by atoms with Crippen LogP contribution >= 0.6 is 0 Å². The molecule has 1 rings (SSSR count). The third kappa shape index (κ3) is 6.82. The summed E-state index contributed by atoms with van der Waals surface area (Å²) in [7, 11) is 4.55. The molecule has 25 heavy (non-hydrogen) atoms. The first kappa shape index (κ1) is 20.5. The highest BCUT2D eigenvalue weighted by Crippen LogP contribution is 2.11. The van der Waals surface area contributed by atoms with Gasteiger partial charge in [-0.3, -0.25) is 4.79 Å². The number of methoxy groups -OCH3 is 1. The minimum absolute atomic E-state index is 0.247. The summed E-state index contributed by atoms with van der Waals surface area (Å²) in [6, 6.07) is 5.91. The largest absolute Gasteiger partial charge is 0.465 e. The Labute approximate surface area is 148 Å². The van der Waals surface area contributed by atoms with Crippen molar-refractivity contribution in [1.29, 1.82) is 0 Å². The number of carbonyl (C=O) groups excluding carboxylic acids is 3. The maximum absolute atomic E-state index is 12.4. The van der Waals surface area contributed by atoms with E-state index in [-0.39, 0.29) is 12.3 Å². The van der Waals surface area contributed by atoms with Gasteiger partial charge in [-0.15, -0.1) is 0 Å². The van der Waals surface area contributed by atoms with E-state index < -0.39 is 23.7 Å². The van der Waals surface area contributed by atoms with E-state index in [9.17, 15) is 14.4 Å². The van der Waals surface area contributed by atoms with Gasteiger partial charge in [-0.25, -0.2) is 9.59 Å². The molecule has 0 spiro atoms. The first-order chi connectivity index (χ1) is 11.5. The fourth-order valence-corrected chi connectivity index (χ4v) is 2.09. The number of esters is 1. The fraction of sp³-hybridized carbons (Fsp3) is 0.500. The van der Waals surface area contributed by atoms with Gasteiger partial charge in [0.15, 0.2) is 0 Å². The van der Waals surface area contributed by atoms with Crippen molar-refractivity contribution in [3.8, 4) is 0 Å². The van der Waals surface area contributed by atoms with Crippen molar-refractivity contribution in [2.75, 3.05) is 21.2 Å². The Morgan fingerprint density at radius 3 is 2.12 bits per heavy atom.